The molecule has 1 aromatic heterocycles. The number of hydrazine groups is 1. The molecule has 1 aliphatic carbocycles. The van der Waals surface area contributed by atoms with E-state index in [9.17, 15) is 23.2 Å². The molecule has 1 aromatic carbocycles. The first-order chi connectivity index (χ1) is 12.8. The van der Waals surface area contributed by atoms with Gasteiger partial charge in [0.05, 0.1) is 11.5 Å². The highest BCUT2D eigenvalue weighted by Gasteiger charge is 2.49. The molecule has 6 nitrogen and oxygen atoms in total. The summed E-state index contributed by atoms with van der Waals surface area (Å²) in [7, 11) is 0. The number of nitrogens with one attached hydrogen (secondary N) is 1. The van der Waals surface area contributed by atoms with Crippen molar-refractivity contribution in [2.45, 2.75) is 30.5 Å². The Kier molecular flexibility index (Phi) is 4.76. The largest absolute Gasteiger partial charge is 0.489 e. The first-order valence-electron chi connectivity index (χ1n) is 8.00. The summed E-state index contributed by atoms with van der Waals surface area (Å²) in [4.78, 5) is 14.8. The lowest BCUT2D eigenvalue weighted by Gasteiger charge is -2.43. The molecule has 3 rings (SSSR count). The van der Waals surface area contributed by atoms with E-state index in [4.69, 9.17) is 10.6 Å². The zero-order valence-electron chi connectivity index (χ0n) is 14.0. The molecule has 0 spiro atoms. The number of nitrogens with two attached hydrogens (primary N) is 1. The summed E-state index contributed by atoms with van der Waals surface area (Å²) in [6.45, 7) is 0. The molecule has 0 amide bonds. The van der Waals surface area contributed by atoms with Gasteiger partial charge in [-0.25, -0.2) is 10.8 Å². The number of hydrogen-bond acceptors (Lipinski definition) is 6. The van der Waals surface area contributed by atoms with Gasteiger partial charge in [-0.15, -0.1) is 0 Å². The molecule has 1 heterocycles. The highest BCUT2D eigenvalue weighted by atomic mass is 19.4. The summed E-state index contributed by atoms with van der Waals surface area (Å²) in [5.74, 6) is 4.17. The topological polar surface area (TPSA) is 101 Å². The molecule has 0 atom stereocenters. The number of nitrogen functional groups attached to an aromatic ring is 1. The van der Waals surface area contributed by atoms with Gasteiger partial charge >= 0.3 is 6.18 Å². The Morgan fingerprint density at radius 2 is 2.04 bits per heavy atom. The second kappa shape index (κ2) is 6.89. The number of aromatic nitrogens is 1. The summed E-state index contributed by atoms with van der Waals surface area (Å²) in [5, 5.41) is 9.62. The van der Waals surface area contributed by atoms with Gasteiger partial charge in [-0.05, 0) is 11.6 Å². The SMILES string of the molecule is N#CC1(c2ccccc2C=O)CC(Oc2ccnc(NN)c2C(F)(F)F)C1. The smallest absolute Gasteiger partial charge is 0.423 e. The molecular formula is C18H15F3N4O2. The van der Waals surface area contributed by atoms with Crippen molar-refractivity contribution in [1.82, 2.24) is 4.98 Å². The number of carbonyl (C=O) groups is 1. The molecule has 9 heteroatoms. The predicted molar refractivity (Wildman–Crippen MR) is 89.8 cm³/mol. The van der Waals surface area contributed by atoms with E-state index in [0.717, 1.165) is 12.3 Å². The second-order valence-electron chi connectivity index (χ2n) is 6.22. The molecule has 0 unspecified atom stereocenters. The van der Waals surface area contributed by atoms with Crippen molar-refractivity contribution in [1.29, 1.82) is 5.26 Å². The van der Waals surface area contributed by atoms with Crippen LogP contribution in [-0.4, -0.2) is 17.4 Å². The summed E-state index contributed by atoms with van der Waals surface area (Å²) >= 11 is 0. The lowest BCUT2D eigenvalue weighted by molar-refractivity contribution is -0.139. The van der Waals surface area contributed by atoms with E-state index >= 15 is 0 Å². The second-order valence-corrected chi connectivity index (χ2v) is 6.22. The van der Waals surface area contributed by atoms with Crippen molar-refractivity contribution < 1.29 is 22.7 Å². The predicted octanol–water partition coefficient (Wildman–Crippen LogP) is 3.20. The van der Waals surface area contributed by atoms with Gasteiger partial charge in [0, 0.05) is 24.6 Å². The average Bonchev–Trinajstić information content (AvgIpc) is 2.63. The van der Waals surface area contributed by atoms with Crippen LogP contribution in [0.3, 0.4) is 0 Å². The van der Waals surface area contributed by atoms with Gasteiger partial charge < -0.3 is 10.2 Å². The van der Waals surface area contributed by atoms with E-state index in [0.29, 0.717) is 17.4 Å². The average molecular weight is 376 g/mol. The van der Waals surface area contributed by atoms with Crippen LogP contribution in [0.4, 0.5) is 19.0 Å². The third-order valence-electron chi connectivity index (χ3n) is 4.60. The van der Waals surface area contributed by atoms with Crippen LogP contribution in [0.5, 0.6) is 5.75 Å². The molecule has 0 radical (unpaired) electrons. The van der Waals surface area contributed by atoms with E-state index in [1.807, 2.05) is 5.43 Å². The van der Waals surface area contributed by atoms with E-state index in [1.165, 1.54) is 0 Å². The monoisotopic (exact) mass is 376 g/mol. The van der Waals surface area contributed by atoms with Gasteiger partial charge in [-0.1, -0.05) is 24.3 Å². The minimum atomic E-state index is -4.72. The Balaban J connectivity index is 1.85. The minimum absolute atomic E-state index is 0.166. The van der Waals surface area contributed by atoms with Gasteiger partial charge in [0.1, 0.15) is 23.7 Å². The summed E-state index contributed by atoms with van der Waals surface area (Å²) < 4.78 is 45.5. The van der Waals surface area contributed by atoms with Crippen LogP contribution in [0.2, 0.25) is 0 Å². The Hall–Kier alpha value is -3.12. The maximum atomic E-state index is 13.3. The van der Waals surface area contributed by atoms with Gasteiger partial charge in [-0.3, -0.25) is 4.79 Å². The Morgan fingerprint density at radius 3 is 2.63 bits per heavy atom. The molecule has 140 valence electrons. The quantitative estimate of drug-likeness (QED) is 0.472. The third kappa shape index (κ3) is 3.31. The van der Waals surface area contributed by atoms with Crippen molar-refractivity contribution in [3.05, 3.63) is 53.2 Å². The van der Waals surface area contributed by atoms with Crippen LogP contribution < -0.4 is 16.0 Å². The van der Waals surface area contributed by atoms with Crippen molar-refractivity contribution in [2.75, 3.05) is 5.43 Å². The van der Waals surface area contributed by atoms with E-state index in [1.54, 1.807) is 24.3 Å². The first kappa shape index (κ1) is 18.7. The van der Waals surface area contributed by atoms with E-state index in [2.05, 4.69) is 11.1 Å². The maximum absolute atomic E-state index is 13.3. The van der Waals surface area contributed by atoms with Gasteiger partial charge in [-0.2, -0.15) is 18.4 Å². The number of nitriles is 1. The fourth-order valence-corrected chi connectivity index (χ4v) is 3.31. The number of anilines is 1. The summed E-state index contributed by atoms with van der Waals surface area (Å²) in [6, 6.07) is 9.95. The number of pyridine rings is 1. The minimum Gasteiger partial charge on any atom is -0.489 e. The molecule has 2 aromatic rings. The number of carbonyl (C=O) groups excluding carboxylic acids is 1. The first-order valence-corrected chi connectivity index (χ1v) is 8.00. The number of hydrogen-bond donors (Lipinski definition) is 2. The number of ether oxygens (including phenoxy) is 1. The number of halogens is 3. The standard InChI is InChI=1S/C18H15F3N4O2/c19-18(20,21)15-14(5-6-24-16(15)25-23)27-12-7-17(8-12,10-22)13-4-2-1-3-11(13)9-26/h1-6,9,12H,7-8,23H2,(H,24,25). The zero-order chi connectivity index (χ0) is 19.7. The van der Waals surface area contributed by atoms with Crippen LogP contribution in [0.1, 0.15) is 34.3 Å². The number of benzene rings is 1. The Morgan fingerprint density at radius 1 is 1.33 bits per heavy atom. The lowest BCUT2D eigenvalue weighted by atomic mass is 9.62. The maximum Gasteiger partial charge on any atom is 0.423 e. The molecule has 0 saturated heterocycles. The highest BCUT2D eigenvalue weighted by molar-refractivity contribution is 5.78. The van der Waals surface area contributed by atoms with Gasteiger partial charge in [0.2, 0.25) is 0 Å². The van der Waals surface area contributed by atoms with Crippen LogP contribution in [0.25, 0.3) is 0 Å². The molecular weight excluding hydrogens is 361 g/mol. The fourth-order valence-electron chi connectivity index (χ4n) is 3.31. The van der Waals surface area contributed by atoms with Crippen LogP contribution >= 0.6 is 0 Å². The Labute approximate surface area is 152 Å². The molecule has 3 N–H and O–H groups in total. The van der Waals surface area contributed by atoms with Crippen LogP contribution in [0, 0.1) is 11.3 Å². The number of nitrogens with zero attached hydrogens (tertiary/aromatic N) is 2. The summed E-state index contributed by atoms with van der Waals surface area (Å²) in [5.41, 5.74) is 0.781. The van der Waals surface area contributed by atoms with Crippen molar-refractivity contribution in [2.24, 2.45) is 5.84 Å². The zero-order valence-corrected chi connectivity index (χ0v) is 14.0. The lowest BCUT2D eigenvalue weighted by Crippen LogP contribution is -2.47. The van der Waals surface area contributed by atoms with Crippen molar-refractivity contribution in [3.8, 4) is 11.8 Å². The molecule has 1 fully saturated rings. The van der Waals surface area contributed by atoms with Crippen LogP contribution in [0.15, 0.2) is 36.5 Å². The summed E-state index contributed by atoms with van der Waals surface area (Å²) in [6.07, 6.45) is -3.19. The molecule has 0 aliphatic heterocycles. The fraction of sp³-hybridized carbons (Fsp3) is 0.278. The number of aldehydes is 1. The molecule has 1 aliphatic rings. The molecule has 1 saturated carbocycles. The highest BCUT2D eigenvalue weighted by Crippen LogP contribution is 2.48. The van der Waals surface area contributed by atoms with Gasteiger partial charge in [0.15, 0.2) is 5.82 Å². The van der Waals surface area contributed by atoms with Gasteiger partial charge in [0.25, 0.3) is 0 Å². The molecule has 0 bridgehead atoms. The van der Waals surface area contributed by atoms with E-state index < -0.39 is 34.8 Å². The van der Waals surface area contributed by atoms with Crippen LogP contribution in [-0.2, 0) is 11.6 Å². The normalized spacial score (nSPS) is 21.7. The Bertz CT molecular complexity index is 902. The van der Waals surface area contributed by atoms with Crippen molar-refractivity contribution >= 4 is 12.1 Å². The number of rotatable bonds is 5. The number of alkyl halides is 3. The van der Waals surface area contributed by atoms with Crippen molar-refractivity contribution in [3.63, 3.8) is 0 Å². The van der Waals surface area contributed by atoms with E-state index in [-0.39, 0.29) is 12.8 Å². The third-order valence-corrected chi connectivity index (χ3v) is 4.60. The molecule has 27 heavy (non-hydrogen) atoms.